The number of nitrogens with one attached hydrogen (secondary N) is 1. The van der Waals surface area contributed by atoms with Crippen molar-refractivity contribution in [1.82, 2.24) is 15.0 Å². The molecule has 8 heteroatoms. The molecule has 2 aromatic rings. The van der Waals surface area contributed by atoms with Gasteiger partial charge >= 0.3 is 7.05 Å². The largest absolute Gasteiger partial charge is 0.437 e. The highest BCUT2D eigenvalue weighted by atomic mass is 79.9. The predicted octanol–water partition coefficient (Wildman–Crippen LogP) is 3.08. The lowest BCUT2D eigenvalue weighted by atomic mass is 9.89. The van der Waals surface area contributed by atoms with Crippen LogP contribution in [0.2, 0.25) is 6.82 Å². The molecule has 22 heavy (non-hydrogen) atoms. The molecule has 2 N–H and O–H groups in total. The summed E-state index contributed by atoms with van der Waals surface area (Å²) in [6, 6.07) is 6.46. The summed E-state index contributed by atoms with van der Waals surface area (Å²) < 4.78 is 14.9. The topological polar surface area (TPSA) is 50.1 Å². The van der Waals surface area contributed by atoms with Crippen LogP contribution in [0.3, 0.4) is 0 Å². The second-order valence-electron chi connectivity index (χ2n) is 4.90. The number of benzene rings is 1. The van der Waals surface area contributed by atoms with Crippen LogP contribution in [0.1, 0.15) is 11.4 Å². The molecule has 0 spiro atoms. The third-order valence-electron chi connectivity index (χ3n) is 3.10. The van der Waals surface area contributed by atoms with E-state index in [0.717, 1.165) is 21.2 Å². The Morgan fingerprint density at radius 3 is 2.68 bits per heavy atom. The number of hydrogen-bond acceptors (Lipinski definition) is 4. The Labute approximate surface area is 142 Å². The molecule has 1 aromatic carbocycles. The molecule has 0 saturated heterocycles. The number of alkyl halides is 1. The highest BCUT2D eigenvalue weighted by molar-refractivity contribution is 9.08. The van der Waals surface area contributed by atoms with Gasteiger partial charge in [-0.3, -0.25) is 4.68 Å². The Morgan fingerprint density at radius 1 is 1.41 bits per heavy atom. The number of aryl methyl sites for hydroxylation is 1. The maximum atomic E-state index is 13.0. The first-order valence-corrected chi connectivity index (χ1v) is 8.92. The Balaban J connectivity index is 2.16. The summed E-state index contributed by atoms with van der Waals surface area (Å²) in [7, 11) is -0.530. The van der Waals surface area contributed by atoms with Gasteiger partial charge in [0.1, 0.15) is 5.82 Å². The summed E-state index contributed by atoms with van der Waals surface area (Å²) in [4.78, 5) is 2.06. The van der Waals surface area contributed by atoms with Crippen LogP contribution in [0.15, 0.2) is 34.1 Å². The molecule has 0 amide bonds. The van der Waals surface area contributed by atoms with E-state index in [-0.39, 0.29) is 5.82 Å². The first-order valence-electron chi connectivity index (χ1n) is 6.98. The fraction of sp³-hybridized carbons (Fsp3) is 0.357. The van der Waals surface area contributed by atoms with Gasteiger partial charge in [-0.2, -0.15) is 5.10 Å². The lowest BCUT2D eigenvalue weighted by molar-refractivity contribution is 0.528. The Hall–Kier alpha value is -0.825. The molecule has 0 bridgehead atoms. The van der Waals surface area contributed by atoms with Crippen molar-refractivity contribution >= 4 is 34.7 Å². The zero-order chi connectivity index (χ0) is 16.1. The molecule has 4 nitrogen and oxygen atoms in total. The van der Waals surface area contributed by atoms with Gasteiger partial charge in [0.15, 0.2) is 0 Å². The summed E-state index contributed by atoms with van der Waals surface area (Å²) in [5.74, 6) is -0.235. The third-order valence-corrected chi connectivity index (χ3v) is 4.87. The highest BCUT2D eigenvalue weighted by Gasteiger charge is 2.15. The van der Waals surface area contributed by atoms with E-state index in [2.05, 4.69) is 26.3 Å². The first kappa shape index (κ1) is 17.5. The maximum absolute atomic E-state index is 13.0. The summed E-state index contributed by atoms with van der Waals surface area (Å²) in [5.41, 5.74) is 2.03. The van der Waals surface area contributed by atoms with E-state index in [0.29, 0.717) is 18.4 Å². The fourth-order valence-corrected chi connectivity index (χ4v) is 3.81. The zero-order valence-corrected chi connectivity index (χ0v) is 14.9. The molecule has 1 aromatic heterocycles. The Morgan fingerprint density at radius 2 is 2.09 bits per heavy atom. The van der Waals surface area contributed by atoms with Crippen LogP contribution < -0.4 is 5.23 Å². The molecular weight excluding hydrogens is 368 g/mol. The van der Waals surface area contributed by atoms with Crippen molar-refractivity contribution in [3.05, 3.63) is 41.5 Å². The van der Waals surface area contributed by atoms with E-state index in [1.165, 1.54) is 12.1 Å². The van der Waals surface area contributed by atoms with Crippen LogP contribution in [0, 0.1) is 12.7 Å². The van der Waals surface area contributed by atoms with Gasteiger partial charge in [0.2, 0.25) is 0 Å². The van der Waals surface area contributed by atoms with E-state index < -0.39 is 7.05 Å². The van der Waals surface area contributed by atoms with E-state index in [1.807, 2.05) is 11.6 Å². The maximum Gasteiger partial charge on any atom is 0.373 e. The van der Waals surface area contributed by atoms with Gasteiger partial charge in [0, 0.05) is 16.8 Å². The van der Waals surface area contributed by atoms with Gasteiger partial charge in [0.05, 0.1) is 22.8 Å². The molecule has 1 heterocycles. The monoisotopic (exact) mass is 385 g/mol. The number of nitrogens with zero attached hydrogens (tertiary/aromatic N) is 2. The van der Waals surface area contributed by atoms with Crippen molar-refractivity contribution < 1.29 is 9.41 Å². The summed E-state index contributed by atoms with van der Waals surface area (Å²) >= 11 is 5.10. The van der Waals surface area contributed by atoms with E-state index >= 15 is 0 Å². The average Bonchev–Trinajstić information content (AvgIpc) is 2.76. The summed E-state index contributed by atoms with van der Waals surface area (Å²) in [5, 5.41) is 17.5. The van der Waals surface area contributed by atoms with Crippen LogP contribution in [-0.4, -0.2) is 28.4 Å². The van der Waals surface area contributed by atoms with Crippen molar-refractivity contribution in [3.63, 3.8) is 0 Å². The molecule has 0 aliphatic heterocycles. The average molecular weight is 386 g/mol. The minimum atomic E-state index is -0.530. The van der Waals surface area contributed by atoms with Crippen LogP contribution in [-0.2, 0) is 11.9 Å². The Kier molecular flexibility index (Phi) is 6.49. The van der Waals surface area contributed by atoms with Crippen LogP contribution in [0.5, 0.6) is 0 Å². The van der Waals surface area contributed by atoms with Crippen LogP contribution in [0.4, 0.5) is 4.39 Å². The normalized spacial score (nSPS) is 11.0. The van der Waals surface area contributed by atoms with Gasteiger partial charge < -0.3 is 10.3 Å². The molecule has 0 atom stereocenters. The number of aromatic nitrogens is 2. The van der Waals surface area contributed by atoms with Crippen molar-refractivity contribution in [3.8, 4) is 0 Å². The molecule has 118 valence electrons. The van der Waals surface area contributed by atoms with Gasteiger partial charge in [0.25, 0.3) is 0 Å². The lowest BCUT2D eigenvalue weighted by Gasteiger charge is -2.08. The molecule has 0 aliphatic rings. The zero-order valence-electron chi connectivity index (χ0n) is 12.5. The third kappa shape index (κ3) is 4.58. The predicted molar refractivity (Wildman–Crippen MR) is 92.0 cm³/mol. The quantitative estimate of drug-likeness (QED) is 0.568. The van der Waals surface area contributed by atoms with Gasteiger partial charge in [-0.15, -0.1) is 0 Å². The molecule has 0 radical (unpaired) electrons. The second kappa shape index (κ2) is 8.15. The minimum absolute atomic E-state index is 0.235. The smallest absolute Gasteiger partial charge is 0.373 e. The first-order chi connectivity index (χ1) is 10.5. The van der Waals surface area contributed by atoms with Crippen molar-refractivity contribution in [1.29, 1.82) is 0 Å². The van der Waals surface area contributed by atoms with Crippen molar-refractivity contribution in [2.75, 3.05) is 6.54 Å². The Bertz CT molecular complexity index is 621. The van der Waals surface area contributed by atoms with Gasteiger partial charge in [-0.1, -0.05) is 27.7 Å². The van der Waals surface area contributed by atoms with Gasteiger partial charge in [-0.05, 0) is 38.0 Å². The molecule has 0 fully saturated rings. The molecule has 0 unspecified atom stereocenters. The molecule has 0 aliphatic carbocycles. The second-order valence-corrected chi connectivity index (χ2v) is 6.55. The van der Waals surface area contributed by atoms with Gasteiger partial charge in [-0.25, -0.2) is 4.39 Å². The SMILES string of the molecule is CB(O)NCCn1nc(C)c(Sc2ccc(F)cc2)c1CBr. The van der Waals surface area contributed by atoms with E-state index in [9.17, 15) is 9.41 Å². The molecule has 0 saturated carbocycles. The standard InChI is InChI=1S/C14H18BBrFN3OS/c1-10-14(22-12-5-3-11(17)4-6-12)13(9-16)20(19-10)8-7-18-15(2)21/h3-6,18,21H,7-9H2,1-2H3. The van der Waals surface area contributed by atoms with Crippen molar-refractivity contribution in [2.45, 2.75) is 35.4 Å². The molecular formula is C14H18BBrFN3OS. The number of halogens is 2. The van der Waals surface area contributed by atoms with Crippen LogP contribution in [0.25, 0.3) is 0 Å². The van der Waals surface area contributed by atoms with Crippen molar-refractivity contribution in [2.24, 2.45) is 0 Å². The fourth-order valence-electron chi connectivity index (χ4n) is 2.06. The summed E-state index contributed by atoms with van der Waals surface area (Å²) in [6.07, 6.45) is 0. The number of hydrogen-bond donors (Lipinski definition) is 2. The van der Waals surface area contributed by atoms with E-state index in [4.69, 9.17) is 0 Å². The van der Waals surface area contributed by atoms with Crippen LogP contribution >= 0.6 is 27.7 Å². The molecule has 2 rings (SSSR count). The lowest BCUT2D eigenvalue weighted by Crippen LogP contribution is -2.33. The van der Waals surface area contributed by atoms with E-state index in [1.54, 1.807) is 30.7 Å². The highest BCUT2D eigenvalue weighted by Crippen LogP contribution is 2.34. The minimum Gasteiger partial charge on any atom is -0.437 e. The summed E-state index contributed by atoms with van der Waals surface area (Å²) in [6.45, 7) is 4.97. The number of rotatable bonds is 7.